The first-order chi connectivity index (χ1) is 9.32. The van der Waals surface area contributed by atoms with Crippen LogP contribution < -0.4 is 0 Å². The van der Waals surface area contributed by atoms with Crippen LogP contribution in [0.25, 0.3) is 0 Å². The van der Waals surface area contributed by atoms with Gasteiger partial charge < -0.3 is 0 Å². The number of carbonyl (C=O) groups excluding carboxylic acids is 3. The van der Waals surface area contributed by atoms with Crippen molar-refractivity contribution in [3.05, 3.63) is 38.0 Å². The number of hydrogen-bond acceptors (Lipinski definition) is 5. The number of isocyanates is 2. The fourth-order valence-corrected chi connectivity index (χ4v) is 1.67. The van der Waals surface area contributed by atoms with E-state index in [2.05, 4.69) is 40.2 Å². The molecular formula is C15H24N2O3. The number of rotatable bonds is 0. The Morgan fingerprint density at radius 2 is 1.35 bits per heavy atom. The molecule has 0 amide bonds. The molecule has 20 heavy (non-hydrogen) atoms. The van der Waals surface area contributed by atoms with E-state index in [0.29, 0.717) is 6.42 Å². The molecule has 0 unspecified atom stereocenters. The molecule has 1 rings (SSSR count). The summed E-state index contributed by atoms with van der Waals surface area (Å²) in [4.78, 5) is 27.7. The molecule has 0 aromatic heterocycles. The van der Waals surface area contributed by atoms with Gasteiger partial charge in [-0.3, -0.25) is 4.79 Å². The minimum Gasteiger partial charge on any atom is -0.295 e. The third kappa shape index (κ3) is 24.7. The normalized spacial score (nSPS) is 13.3. The van der Waals surface area contributed by atoms with Crippen molar-refractivity contribution in [3.63, 3.8) is 0 Å². The number of hydrogen-bond donors (Lipinski definition) is 2. The van der Waals surface area contributed by atoms with Crippen LogP contribution >= 0.6 is 0 Å². The highest BCUT2D eigenvalue weighted by atomic mass is 16.1. The largest absolute Gasteiger partial charge is 0.295 e. The number of allylic oxidation sites excluding steroid dienone is 2. The maximum absolute atomic E-state index is 11.0. The van der Waals surface area contributed by atoms with E-state index in [-0.39, 0.29) is 11.2 Å². The molecule has 1 aliphatic rings. The first kappa shape index (κ1) is 26.3. The zero-order valence-electron chi connectivity index (χ0n) is 12.5. The molecule has 5 nitrogen and oxygen atoms in total. The van der Waals surface area contributed by atoms with Crippen LogP contribution in [-0.2, 0) is 14.4 Å². The highest BCUT2D eigenvalue weighted by molar-refractivity contribution is 5.91. The SMILES string of the molecule is C=C.C=C.CC1=CC(=O)CC(C)(C)C1.N=C=O.N=C=O. The van der Waals surface area contributed by atoms with E-state index in [9.17, 15) is 4.79 Å². The molecule has 112 valence electrons. The van der Waals surface area contributed by atoms with Crippen molar-refractivity contribution in [1.82, 2.24) is 0 Å². The molecule has 0 aromatic carbocycles. The predicted octanol–water partition coefficient (Wildman–Crippen LogP) is 3.73. The van der Waals surface area contributed by atoms with Crippen molar-refractivity contribution in [1.29, 1.82) is 10.8 Å². The fraction of sp³-hybridized carbons (Fsp3) is 0.400. The van der Waals surface area contributed by atoms with Crippen LogP contribution in [0.2, 0.25) is 0 Å². The maximum Gasteiger partial charge on any atom is 0.231 e. The second-order valence-corrected chi connectivity index (χ2v) is 4.18. The van der Waals surface area contributed by atoms with Gasteiger partial charge in [-0.05, 0) is 24.8 Å². The van der Waals surface area contributed by atoms with Crippen molar-refractivity contribution in [2.24, 2.45) is 5.41 Å². The highest BCUT2D eigenvalue weighted by Crippen LogP contribution is 2.32. The van der Waals surface area contributed by atoms with E-state index >= 15 is 0 Å². The zero-order valence-corrected chi connectivity index (χ0v) is 12.5. The monoisotopic (exact) mass is 280 g/mol. The lowest BCUT2D eigenvalue weighted by Crippen LogP contribution is -2.20. The second kappa shape index (κ2) is 19.0. The lowest BCUT2D eigenvalue weighted by atomic mass is 9.77. The van der Waals surface area contributed by atoms with E-state index in [1.165, 1.54) is 5.57 Å². The summed E-state index contributed by atoms with van der Waals surface area (Å²) in [6.07, 6.45) is 5.05. The predicted molar refractivity (Wildman–Crippen MR) is 81.1 cm³/mol. The van der Waals surface area contributed by atoms with E-state index < -0.39 is 0 Å². The molecule has 0 atom stereocenters. The van der Waals surface area contributed by atoms with Crippen molar-refractivity contribution >= 4 is 17.9 Å². The first-order valence-corrected chi connectivity index (χ1v) is 5.60. The number of carbonyl (C=O) groups is 1. The van der Waals surface area contributed by atoms with E-state index in [4.69, 9.17) is 20.4 Å². The van der Waals surface area contributed by atoms with E-state index in [1.807, 2.05) is 6.92 Å². The summed E-state index contributed by atoms with van der Waals surface area (Å²) < 4.78 is 0. The smallest absolute Gasteiger partial charge is 0.231 e. The summed E-state index contributed by atoms with van der Waals surface area (Å²) in [5, 5.41) is 10.8. The Hall–Kier alpha value is -2.35. The Kier molecular flexibility index (Phi) is 24.9. The Morgan fingerprint density at radius 3 is 1.55 bits per heavy atom. The molecule has 0 spiro atoms. The molecule has 0 saturated heterocycles. The highest BCUT2D eigenvalue weighted by Gasteiger charge is 2.25. The van der Waals surface area contributed by atoms with Crippen molar-refractivity contribution in [2.45, 2.75) is 33.6 Å². The molecule has 0 fully saturated rings. The standard InChI is InChI=1S/C9H14O.2C2H4.2CHNO/c1-7-4-8(10)6-9(2,3)5-7;2*1-2;2*2-1-3/h4H,5-6H2,1-3H3;2*1-2H2;2*2H. The summed E-state index contributed by atoms with van der Waals surface area (Å²) in [6, 6.07) is 0. The van der Waals surface area contributed by atoms with Crippen LogP contribution in [0.4, 0.5) is 0 Å². The quantitative estimate of drug-likeness (QED) is 0.401. The van der Waals surface area contributed by atoms with E-state index in [0.717, 1.165) is 18.6 Å². The molecule has 0 heterocycles. The minimum atomic E-state index is 0.204. The van der Waals surface area contributed by atoms with Gasteiger partial charge in [-0.2, -0.15) is 0 Å². The van der Waals surface area contributed by atoms with Gasteiger partial charge in [-0.25, -0.2) is 20.4 Å². The Balaban J connectivity index is -0.000000108. The Labute approximate surface area is 121 Å². The van der Waals surface area contributed by atoms with Gasteiger partial charge in [0.15, 0.2) is 5.78 Å². The molecule has 0 aromatic rings. The van der Waals surface area contributed by atoms with Gasteiger partial charge in [0.1, 0.15) is 0 Å². The average Bonchev–Trinajstić information content (AvgIpc) is 2.33. The lowest BCUT2D eigenvalue weighted by molar-refractivity contribution is -0.117. The lowest BCUT2D eigenvalue weighted by Gasteiger charge is -2.27. The van der Waals surface area contributed by atoms with Crippen molar-refractivity contribution < 1.29 is 14.4 Å². The number of nitrogens with one attached hydrogen (secondary N) is 2. The Bertz CT molecular complexity index is 345. The fourth-order valence-electron chi connectivity index (χ4n) is 1.67. The van der Waals surface area contributed by atoms with Crippen molar-refractivity contribution in [3.8, 4) is 0 Å². The first-order valence-electron chi connectivity index (χ1n) is 5.60. The summed E-state index contributed by atoms with van der Waals surface area (Å²) in [5.74, 6) is 0.286. The summed E-state index contributed by atoms with van der Waals surface area (Å²) in [7, 11) is 0. The molecule has 1 aliphatic carbocycles. The summed E-state index contributed by atoms with van der Waals surface area (Å²) in [5.41, 5.74) is 1.43. The maximum atomic E-state index is 11.0. The van der Waals surface area contributed by atoms with Crippen LogP contribution in [0.15, 0.2) is 38.0 Å². The third-order valence-corrected chi connectivity index (χ3v) is 1.82. The van der Waals surface area contributed by atoms with E-state index in [1.54, 1.807) is 6.08 Å². The van der Waals surface area contributed by atoms with Gasteiger partial charge in [-0.1, -0.05) is 19.4 Å². The van der Waals surface area contributed by atoms with Gasteiger partial charge in [-0.15, -0.1) is 26.3 Å². The minimum absolute atomic E-state index is 0.204. The van der Waals surface area contributed by atoms with Gasteiger partial charge in [0, 0.05) is 6.42 Å². The van der Waals surface area contributed by atoms with Gasteiger partial charge in [0.2, 0.25) is 12.2 Å². The molecule has 5 heteroatoms. The second-order valence-electron chi connectivity index (χ2n) is 4.18. The zero-order chi connectivity index (χ0) is 17.2. The molecule has 0 radical (unpaired) electrons. The van der Waals surface area contributed by atoms with Crippen LogP contribution in [0, 0.1) is 16.2 Å². The number of ketones is 1. The molecular weight excluding hydrogens is 256 g/mol. The molecule has 0 saturated carbocycles. The summed E-state index contributed by atoms with van der Waals surface area (Å²) >= 11 is 0. The van der Waals surface area contributed by atoms with Crippen LogP contribution in [0.3, 0.4) is 0 Å². The average molecular weight is 280 g/mol. The molecule has 0 bridgehead atoms. The molecule has 2 N–H and O–H groups in total. The topological polar surface area (TPSA) is 98.9 Å². The van der Waals surface area contributed by atoms with Gasteiger partial charge >= 0.3 is 0 Å². The van der Waals surface area contributed by atoms with Gasteiger partial charge in [0.05, 0.1) is 0 Å². The van der Waals surface area contributed by atoms with Gasteiger partial charge in [0.25, 0.3) is 0 Å². The molecule has 0 aliphatic heterocycles. The van der Waals surface area contributed by atoms with Crippen LogP contribution in [0.5, 0.6) is 0 Å². The van der Waals surface area contributed by atoms with Crippen LogP contribution in [-0.4, -0.2) is 17.9 Å². The Morgan fingerprint density at radius 1 is 1.05 bits per heavy atom. The van der Waals surface area contributed by atoms with Crippen molar-refractivity contribution in [2.75, 3.05) is 0 Å². The third-order valence-electron chi connectivity index (χ3n) is 1.82. The van der Waals surface area contributed by atoms with Crippen LogP contribution in [0.1, 0.15) is 33.6 Å². The summed E-state index contributed by atoms with van der Waals surface area (Å²) in [6.45, 7) is 18.3.